The molecule has 0 bridgehead atoms. The lowest BCUT2D eigenvalue weighted by Crippen LogP contribution is -2.38. The van der Waals surface area contributed by atoms with Crippen LogP contribution in [0, 0.1) is 6.92 Å². The molecule has 0 atom stereocenters. The number of amides is 2. The van der Waals surface area contributed by atoms with Crippen molar-refractivity contribution in [2.45, 2.75) is 26.2 Å². The SMILES string of the molecule is Cc1cc(Cl)ccc1OCCCC(=O)Nc1ccc(CC(=O)N2CCSCC2)cc1. The van der Waals surface area contributed by atoms with Gasteiger partial charge < -0.3 is 15.0 Å². The second-order valence-electron chi connectivity index (χ2n) is 7.28. The molecule has 1 saturated heterocycles. The number of carbonyl (C=O) groups is 2. The summed E-state index contributed by atoms with van der Waals surface area (Å²) in [7, 11) is 0. The van der Waals surface area contributed by atoms with Gasteiger partial charge in [0.25, 0.3) is 0 Å². The van der Waals surface area contributed by atoms with Gasteiger partial charge >= 0.3 is 0 Å². The predicted molar refractivity (Wildman–Crippen MR) is 124 cm³/mol. The van der Waals surface area contributed by atoms with E-state index in [1.807, 2.05) is 60.0 Å². The number of hydrogen-bond acceptors (Lipinski definition) is 4. The molecule has 1 N–H and O–H groups in total. The van der Waals surface area contributed by atoms with E-state index in [1.165, 1.54) is 0 Å². The minimum Gasteiger partial charge on any atom is -0.493 e. The number of ether oxygens (including phenoxy) is 1. The molecule has 2 aromatic rings. The molecule has 1 aliphatic rings. The molecule has 30 heavy (non-hydrogen) atoms. The Morgan fingerprint density at radius 2 is 1.87 bits per heavy atom. The van der Waals surface area contributed by atoms with Crippen LogP contribution in [-0.2, 0) is 16.0 Å². The second kappa shape index (κ2) is 11.3. The number of carbonyl (C=O) groups excluding carboxylic acids is 2. The van der Waals surface area contributed by atoms with E-state index in [9.17, 15) is 9.59 Å². The van der Waals surface area contributed by atoms with E-state index in [2.05, 4.69) is 5.32 Å². The Labute approximate surface area is 187 Å². The van der Waals surface area contributed by atoms with Crippen molar-refractivity contribution < 1.29 is 14.3 Å². The number of benzene rings is 2. The first kappa shape index (κ1) is 22.5. The molecular weight excluding hydrogens is 420 g/mol. The van der Waals surface area contributed by atoms with Crippen LogP contribution in [0.3, 0.4) is 0 Å². The van der Waals surface area contributed by atoms with Gasteiger partial charge in [-0.2, -0.15) is 11.8 Å². The lowest BCUT2D eigenvalue weighted by atomic mass is 10.1. The molecule has 0 aliphatic carbocycles. The van der Waals surface area contributed by atoms with Gasteiger partial charge in [-0.25, -0.2) is 0 Å². The molecule has 0 unspecified atom stereocenters. The Bertz CT molecular complexity index is 867. The summed E-state index contributed by atoms with van der Waals surface area (Å²) < 4.78 is 5.72. The van der Waals surface area contributed by atoms with Gasteiger partial charge in [-0.3, -0.25) is 9.59 Å². The van der Waals surface area contributed by atoms with Crippen molar-refractivity contribution in [3.63, 3.8) is 0 Å². The van der Waals surface area contributed by atoms with Gasteiger partial charge in [0.15, 0.2) is 0 Å². The molecule has 5 nitrogen and oxygen atoms in total. The Kier molecular flexibility index (Phi) is 8.46. The van der Waals surface area contributed by atoms with Crippen molar-refractivity contribution in [1.29, 1.82) is 0 Å². The van der Waals surface area contributed by atoms with E-state index in [1.54, 1.807) is 6.07 Å². The minimum atomic E-state index is -0.0546. The van der Waals surface area contributed by atoms with E-state index < -0.39 is 0 Å². The number of anilines is 1. The summed E-state index contributed by atoms with van der Waals surface area (Å²) in [6, 6.07) is 13.0. The smallest absolute Gasteiger partial charge is 0.227 e. The van der Waals surface area contributed by atoms with Crippen LogP contribution in [0.4, 0.5) is 5.69 Å². The highest BCUT2D eigenvalue weighted by atomic mass is 35.5. The van der Waals surface area contributed by atoms with Crippen molar-refractivity contribution in [2.24, 2.45) is 0 Å². The van der Waals surface area contributed by atoms with E-state index >= 15 is 0 Å². The Hall–Kier alpha value is -2.18. The van der Waals surface area contributed by atoms with Crippen molar-refractivity contribution in [3.8, 4) is 5.75 Å². The van der Waals surface area contributed by atoms with Gasteiger partial charge in [0.1, 0.15) is 5.75 Å². The highest BCUT2D eigenvalue weighted by molar-refractivity contribution is 7.99. The van der Waals surface area contributed by atoms with Crippen molar-refractivity contribution >= 4 is 40.9 Å². The minimum absolute atomic E-state index is 0.0546. The van der Waals surface area contributed by atoms with Crippen LogP contribution < -0.4 is 10.1 Å². The fourth-order valence-electron chi connectivity index (χ4n) is 3.22. The largest absolute Gasteiger partial charge is 0.493 e. The number of rotatable bonds is 8. The summed E-state index contributed by atoms with van der Waals surface area (Å²) in [6.45, 7) is 4.07. The van der Waals surface area contributed by atoms with Gasteiger partial charge in [0.2, 0.25) is 11.8 Å². The number of nitrogens with one attached hydrogen (secondary N) is 1. The van der Waals surface area contributed by atoms with E-state index in [0.29, 0.717) is 30.9 Å². The maximum Gasteiger partial charge on any atom is 0.227 e. The van der Waals surface area contributed by atoms with Crippen molar-refractivity contribution in [3.05, 3.63) is 58.6 Å². The fourth-order valence-corrected chi connectivity index (χ4v) is 4.35. The molecule has 3 rings (SSSR count). The first-order chi connectivity index (χ1) is 14.5. The Morgan fingerprint density at radius 1 is 1.13 bits per heavy atom. The average Bonchev–Trinajstić information content (AvgIpc) is 2.74. The van der Waals surface area contributed by atoms with Crippen LogP contribution in [0.1, 0.15) is 24.0 Å². The quantitative estimate of drug-likeness (QED) is 0.603. The molecule has 1 heterocycles. The summed E-state index contributed by atoms with van der Waals surface area (Å²) in [6.07, 6.45) is 1.40. The zero-order chi connectivity index (χ0) is 21.3. The third kappa shape index (κ3) is 6.96. The molecule has 7 heteroatoms. The van der Waals surface area contributed by atoms with Gasteiger partial charge in [-0.05, 0) is 54.8 Å². The highest BCUT2D eigenvalue weighted by Gasteiger charge is 2.16. The lowest BCUT2D eigenvalue weighted by Gasteiger charge is -2.26. The van der Waals surface area contributed by atoms with Crippen LogP contribution in [0.25, 0.3) is 0 Å². The number of halogens is 1. The zero-order valence-electron chi connectivity index (χ0n) is 17.2. The van der Waals surface area contributed by atoms with Crippen molar-refractivity contribution in [2.75, 3.05) is 36.5 Å². The van der Waals surface area contributed by atoms with E-state index in [4.69, 9.17) is 16.3 Å². The fraction of sp³-hybridized carbons (Fsp3) is 0.391. The summed E-state index contributed by atoms with van der Waals surface area (Å²) in [4.78, 5) is 26.4. The lowest BCUT2D eigenvalue weighted by molar-refractivity contribution is -0.130. The second-order valence-corrected chi connectivity index (χ2v) is 8.94. The third-order valence-electron chi connectivity index (χ3n) is 4.90. The summed E-state index contributed by atoms with van der Waals surface area (Å²) in [5.41, 5.74) is 2.67. The molecule has 2 aromatic carbocycles. The number of nitrogens with zero attached hydrogens (tertiary/aromatic N) is 1. The number of aryl methyl sites for hydroxylation is 1. The van der Waals surface area contributed by atoms with Gasteiger partial charge in [0.05, 0.1) is 13.0 Å². The zero-order valence-corrected chi connectivity index (χ0v) is 18.7. The van der Waals surface area contributed by atoms with Crippen LogP contribution in [0.2, 0.25) is 5.02 Å². The molecule has 2 amide bonds. The van der Waals surface area contributed by atoms with Gasteiger partial charge in [-0.1, -0.05) is 23.7 Å². The highest BCUT2D eigenvalue weighted by Crippen LogP contribution is 2.22. The van der Waals surface area contributed by atoms with Crippen molar-refractivity contribution in [1.82, 2.24) is 4.90 Å². The van der Waals surface area contributed by atoms with Gasteiger partial charge in [-0.15, -0.1) is 0 Å². The Balaban J connectivity index is 1.38. The van der Waals surface area contributed by atoms with Crippen LogP contribution in [0.15, 0.2) is 42.5 Å². The molecule has 0 spiro atoms. The van der Waals surface area contributed by atoms with Crippen LogP contribution in [0.5, 0.6) is 5.75 Å². The predicted octanol–water partition coefficient (Wildman–Crippen LogP) is 4.56. The summed E-state index contributed by atoms with van der Waals surface area (Å²) in [5, 5.41) is 3.57. The van der Waals surface area contributed by atoms with Crippen LogP contribution >= 0.6 is 23.4 Å². The molecule has 0 saturated carbocycles. The van der Waals surface area contributed by atoms with Gasteiger partial charge in [0, 0.05) is 41.7 Å². The van der Waals surface area contributed by atoms with Crippen LogP contribution in [-0.4, -0.2) is 47.9 Å². The number of thioether (sulfide) groups is 1. The third-order valence-corrected chi connectivity index (χ3v) is 6.08. The topological polar surface area (TPSA) is 58.6 Å². The molecule has 1 fully saturated rings. The van der Waals surface area contributed by atoms with E-state index in [0.717, 1.165) is 47.2 Å². The Morgan fingerprint density at radius 3 is 2.57 bits per heavy atom. The standard InChI is InChI=1S/C23H27ClN2O3S/c1-17-15-19(24)6-9-21(17)29-12-2-3-22(27)25-20-7-4-18(5-8-20)16-23(28)26-10-13-30-14-11-26/h4-9,15H,2-3,10-14,16H2,1H3,(H,25,27). The number of hydrogen-bond donors (Lipinski definition) is 1. The molecule has 1 aliphatic heterocycles. The maximum atomic E-state index is 12.3. The molecular formula is C23H27ClN2O3S. The maximum absolute atomic E-state index is 12.3. The first-order valence-corrected chi connectivity index (χ1v) is 11.7. The van der Waals surface area contributed by atoms with E-state index in [-0.39, 0.29) is 11.8 Å². The first-order valence-electron chi connectivity index (χ1n) is 10.1. The normalized spacial score (nSPS) is 13.7. The summed E-state index contributed by atoms with van der Waals surface area (Å²) in [5.74, 6) is 2.93. The summed E-state index contributed by atoms with van der Waals surface area (Å²) >= 11 is 7.83. The average molecular weight is 447 g/mol. The molecule has 0 aromatic heterocycles. The molecule has 160 valence electrons. The monoisotopic (exact) mass is 446 g/mol. The molecule has 0 radical (unpaired) electrons.